The second-order valence-corrected chi connectivity index (χ2v) is 9.27. The van der Waals surface area contributed by atoms with Gasteiger partial charge >= 0.3 is 5.97 Å². The van der Waals surface area contributed by atoms with Crippen LogP contribution >= 0.6 is 0 Å². The van der Waals surface area contributed by atoms with E-state index in [1.165, 1.54) is 29.2 Å². The van der Waals surface area contributed by atoms with Gasteiger partial charge in [-0.2, -0.15) is 0 Å². The van der Waals surface area contributed by atoms with Crippen LogP contribution in [0.5, 0.6) is 0 Å². The average Bonchev–Trinajstić information content (AvgIpc) is 3.14. The summed E-state index contributed by atoms with van der Waals surface area (Å²) in [6.45, 7) is 5.40. The normalized spacial score (nSPS) is 16.6. The third-order valence-electron chi connectivity index (χ3n) is 6.08. The first-order valence-corrected chi connectivity index (χ1v) is 12.0. The van der Waals surface area contributed by atoms with Gasteiger partial charge in [-0.1, -0.05) is 42.0 Å². The minimum Gasteiger partial charge on any atom is -0.507 e. The number of esters is 1. The monoisotopic (exact) mass is 514 g/mol. The number of aryl methyl sites for hydroxylation is 1. The molecule has 0 aliphatic carbocycles. The van der Waals surface area contributed by atoms with Crippen molar-refractivity contribution in [3.8, 4) is 0 Å². The average molecular weight is 515 g/mol. The number of carbonyl (C=O) groups is 3. The van der Waals surface area contributed by atoms with Gasteiger partial charge in [0.1, 0.15) is 5.76 Å². The van der Waals surface area contributed by atoms with Gasteiger partial charge in [0.2, 0.25) is 0 Å². The number of carbonyl (C=O) groups excluding carboxylic acids is 3. The molecule has 1 heterocycles. The van der Waals surface area contributed by atoms with Crippen molar-refractivity contribution in [2.24, 2.45) is 0 Å². The van der Waals surface area contributed by atoms with Crippen molar-refractivity contribution in [2.45, 2.75) is 39.3 Å². The molecule has 1 aliphatic heterocycles. The third-order valence-corrected chi connectivity index (χ3v) is 6.08. The molecule has 0 aromatic heterocycles. The molecule has 9 heteroatoms. The molecule has 0 spiro atoms. The molecule has 38 heavy (non-hydrogen) atoms. The molecule has 3 aromatic rings. The van der Waals surface area contributed by atoms with Crippen LogP contribution in [-0.4, -0.2) is 33.8 Å². The van der Waals surface area contributed by atoms with Crippen LogP contribution in [0.1, 0.15) is 42.1 Å². The van der Waals surface area contributed by atoms with Crippen molar-refractivity contribution in [1.29, 1.82) is 0 Å². The van der Waals surface area contributed by atoms with Gasteiger partial charge in [0.05, 0.1) is 29.1 Å². The number of aliphatic hydroxyl groups is 1. The zero-order valence-electron chi connectivity index (χ0n) is 21.1. The molecule has 1 saturated heterocycles. The molecule has 1 atom stereocenters. The Bertz CT molecular complexity index is 1440. The minimum absolute atomic E-state index is 0.0543. The lowest BCUT2D eigenvalue weighted by molar-refractivity contribution is -0.384. The predicted octanol–water partition coefficient (Wildman–Crippen LogP) is 5.02. The van der Waals surface area contributed by atoms with Gasteiger partial charge in [-0.15, -0.1) is 0 Å². The highest BCUT2D eigenvalue weighted by Gasteiger charge is 2.47. The molecule has 9 nitrogen and oxygen atoms in total. The Morgan fingerprint density at radius 2 is 1.71 bits per heavy atom. The Hall–Kier alpha value is -4.79. The van der Waals surface area contributed by atoms with Crippen LogP contribution in [0.25, 0.3) is 5.76 Å². The van der Waals surface area contributed by atoms with Gasteiger partial charge in [0.15, 0.2) is 0 Å². The number of nitrogens with zero attached hydrogens (tertiary/aromatic N) is 2. The highest BCUT2D eigenvalue weighted by Crippen LogP contribution is 2.42. The number of nitro groups is 1. The lowest BCUT2D eigenvalue weighted by atomic mass is 9.94. The largest absolute Gasteiger partial charge is 0.507 e. The van der Waals surface area contributed by atoms with E-state index in [0.29, 0.717) is 16.8 Å². The van der Waals surface area contributed by atoms with Gasteiger partial charge in [0, 0.05) is 23.4 Å². The second-order valence-electron chi connectivity index (χ2n) is 9.27. The van der Waals surface area contributed by atoms with Crippen LogP contribution < -0.4 is 4.90 Å². The number of nitro benzene ring substituents is 1. The minimum atomic E-state index is -0.943. The van der Waals surface area contributed by atoms with Crippen molar-refractivity contribution in [2.75, 3.05) is 4.90 Å². The highest BCUT2D eigenvalue weighted by atomic mass is 16.6. The van der Waals surface area contributed by atoms with E-state index >= 15 is 0 Å². The quantitative estimate of drug-likeness (QED) is 0.117. The number of rotatable bonds is 7. The molecular weight excluding hydrogens is 488 g/mol. The van der Waals surface area contributed by atoms with Crippen molar-refractivity contribution in [1.82, 2.24) is 0 Å². The molecule has 1 fully saturated rings. The van der Waals surface area contributed by atoms with E-state index in [-0.39, 0.29) is 35.3 Å². The first-order valence-electron chi connectivity index (χ1n) is 12.0. The van der Waals surface area contributed by atoms with Crippen LogP contribution in [0.15, 0.2) is 78.4 Å². The number of hydrogen-bond donors (Lipinski definition) is 1. The fourth-order valence-corrected chi connectivity index (χ4v) is 4.40. The first kappa shape index (κ1) is 26.3. The van der Waals surface area contributed by atoms with E-state index in [1.54, 1.807) is 50.2 Å². The number of ether oxygens (including phenoxy) is 1. The summed E-state index contributed by atoms with van der Waals surface area (Å²) >= 11 is 0. The summed E-state index contributed by atoms with van der Waals surface area (Å²) in [7, 11) is 0. The first-order chi connectivity index (χ1) is 18.1. The van der Waals surface area contributed by atoms with Gasteiger partial charge in [-0.05, 0) is 56.2 Å². The molecule has 4 rings (SSSR count). The van der Waals surface area contributed by atoms with E-state index in [2.05, 4.69) is 0 Å². The Balaban J connectivity index is 1.78. The van der Waals surface area contributed by atoms with E-state index in [0.717, 1.165) is 5.56 Å². The van der Waals surface area contributed by atoms with Crippen molar-refractivity contribution in [3.63, 3.8) is 0 Å². The molecule has 1 N–H and O–H groups in total. The van der Waals surface area contributed by atoms with Crippen molar-refractivity contribution < 1.29 is 29.2 Å². The van der Waals surface area contributed by atoms with Gasteiger partial charge < -0.3 is 9.84 Å². The Labute approximate surface area is 219 Å². The maximum atomic E-state index is 13.3. The summed E-state index contributed by atoms with van der Waals surface area (Å²) < 4.78 is 5.18. The lowest BCUT2D eigenvalue weighted by Gasteiger charge is -2.26. The molecule has 0 saturated carbocycles. The van der Waals surface area contributed by atoms with Crippen molar-refractivity contribution >= 4 is 34.8 Å². The standard InChI is InChI=1S/C29H26N2O7/c1-17(2)38-24(32)16-19-7-11-22(12-8-19)30-26(21-6-4-5-18(3)15-21)25(28(34)29(30)35)27(33)20-9-13-23(14-10-20)31(36)37/h4-15,17,26,33H,16H2,1-3H3/b27-25-. The number of Topliss-reactive ketones (excluding diaryl/α,β-unsaturated/α-hetero) is 1. The van der Waals surface area contributed by atoms with E-state index in [9.17, 15) is 29.6 Å². The van der Waals surface area contributed by atoms with E-state index in [1.807, 2.05) is 19.1 Å². The number of benzene rings is 3. The number of anilines is 1. The van der Waals surface area contributed by atoms with E-state index in [4.69, 9.17) is 4.74 Å². The summed E-state index contributed by atoms with van der Waals surface area (Å²) in [5.74, 6) is -2.51. The predicted molar refractivity (Wildman–Crippen MR) is 140 cm³/mol. The maximum Gasteiger partial charge on any atom is 0.310 e. The maximum absolute atomic E-state index is 13.3. The van der Waals surface area contributed by atoms with Gasteiger partial charge in [-0.25, -0.2) is 0 Å². The van der Waals surface area contributed by atoms with Crippen LogP contribution in [0.2, 0.25) is 0 Å². The van der Waals surface area contributed by atoms with Gasteiger partial charge in [0.25, 0.3) is 17.4 Å². The smallest absolute Gasteiger partial charge is 0.310 e. The number of ketones is 1. The Morgan fingerprint density at radius 3 is 2.29 bits per heavy atom. The molecule has 1 amide bonds. The van der Waals surface area contributed by atoms with Crippen LogP contribution in [-0.2, 0) is 25.5 Å². The summed E-state index contributed by atoms with van der Waals surface area (Å²) in [6, 6.07) is 18.0. The number of aliphatic hydroxyl groups excluding tert-OH is 1. The molecule has 194 valence electrons. The Morgan fingerprint density at radius 1 is 1.05 bits per heavy atom. The topological polar surface area (TPSA) is 127 Å². The molecule has 0 radical (unpaired) electrons. The third kappa shape index (κ3) is 5.31. The second kappa shape index (κ2) is 10.7. The molecule has 0 bridgehead atoms. The van der Waals surface area contributed by atoms with Crippen molar-refractivity contribution in [3.05, 3.63) is 111 Å². The zero-order valence-corrected chi connectivity index (χ0v) is 21.1. The fraction of sp³-hybridized carbons (Fsp3) is 0.207. The van der Waals surface area contributed by atoms with Crippen LogP contribution in [0.3, 0.4) is 0 Å². The van der Waals surface area contributed by atoms with Crippen LogP contribution in [0.4, 0.5) is 11.4 Å². The van der Waals surface area contributed by atoms with Crippen LogP contribution in [0, 0.1) is 17.0 Å². The number of amides is 1. The molecule has 1 unspecified atom stereocenters. The molecular formula is C29H26N2O7. The highest BCUT2D eigenvalue weighted by molar-refractivity contribution is 6.51. The Kier molecular flexibility index (Phi) is 7.38. The molecule has 1 aliphatic rings. The summed E-state index contributed by atoms with van der Waals surface area (Å²) in [4.78, 5) is 50.4. The lowest BCUT2D eigenvalue weighted by Crippen LogP contribution is -2.29. The summed E-state index contributed by atoms with van der Waals surface area (Å²) in [5.41, 5.74) is 2.45. The number of non-ortho nitro benzene ring substituents is 1. The zero-order chi connectivity index (χ0) is 27.6. The van der Waals surface area contributed by atoms with Gasteiger partial charge in [-0.3, -0.25) is 29.4 Å². The molecule has 3 aromatic carbocycles. The summed E-state index contributed by atoms with van der Waals surface area (Å²) in [6.07, 6.45) is -0.183. The van der Waals surface area contributed by atoms with E-state index < -0.39 is 28.4 Å². The number of hydrogen-bond acceptors (Lipinski definition) is 7. The summed E-state index contributed by atoms with van der Waals surface area (Å²) in [5, 5.41) is 22.2. The SMILES string of the molecule is Cc1cccc(C2/C(=C(/O)c3ccc([N+](=O)[O-])cc3)C(=O)C(=O)N2c2ccc(CC(=O)OC(C)C)cc2)c1. The fourth-order valence-electron chi connectivity index (χ4n) is 4.40.